The molecule has 0 radical (unpaired) electrons. The van der Waals surface area contributed by atoms with Gasteiger partial charge in [0.25, 0.3) is 0 Å². The monoisotopic (exact) mass is 284 g/mol. The van der Waals surface area contributed by atoms with Gasteiger partial charge in [0.15, 0.2) is 11.6 Å². The first-order valence-corrected chi connectivity index (χ1v) is 6.82. The van der Waals surface area contributed by atoms with Crippen LogP contribution in [0.4, 0.5) is 14.5 Å². The minimum atomic E-state index is -0.869. The summed E-state index contributed by atoms with van der Waals surface area (Å²) in [5, 5.41) is 12.4. The third-order valence-corrected chi connectivity index (χ3v) is 4.04. The molecule has 1 aliphatic carbocycles. The summed E-state index contributed by atoms with van der Waals surface area (Å²) in [6, 6.07) is 16.0. The van der Waals surface area contributed by atoms with E-state index in [1.807, 2.05) is 30.3 Å². The van der Waals surface area contributed by atoms with Crippen molar-refractivity contribution < 1.29 is 8.78 Å². The molecule has 0 aliphatic heterocycles. The van der Waals surface area contributed by atoms with E-state index in [2.05, 4.69) is 11.4 Å². The first-order valence-electron chi connectivity index (χ1n) is 6.82. The minimum absolute atomic E-state index is 0.0267. The van der Waals surface area contributed by atoms with E-state index < -0.39 is 17.0 Å². The number of nitrogens with one attached hydrogen (secondary N) is 1. The fraction of sp³-hybridized carbons (Fsp3) is 0.235. The van der Waals surface area contributed by atoms with Crippen LogP contribution >= 0.6 is 0 Å². The predicted molar refractivity (Wildman–Crippen MR) is 76.7 cm³/mol. The normalized spacial score (nSPS) is 24.0. The summed E-state index contributed by atoms with van der Waals surface area (Å²) in [4.78, 5) is 0. The highest BCUT2D eigenvalue weighted by molar-refractivity contribution is 5.48. The average molecular weight is 284 g/mol. The van der Waals surface area contributed by atoms with Gasteiger partial charge in [0, 0.05) is 6.04 Å². The maximum atomic E-state index is 13.6. The molecule has 106 valence electrons. The molecule has 0 bridgehead atoms. The molecule has 0 unspecified atom stereocenters. The molecule has 2 nitrogen and oxygen atoms in total. The van der Waals surface area contributed by atoms with Gasteiger partial charge < -0.3 is 5.32 Å². The molecule has 4 heteroatoms. The van der Waals surface area contributed by atoms with E-state index >= 15 is 0 Å². The van der Waals surface area contributed by atoms with Gasteiger partial charge >= 0.3 is 0 Å². The third kappa shape index (κ3) is 2.36. The Morgan fingerprint density at radius 1 is 1.05 bits per heavy atom. The Bertz CT molecular complexity index is 686. The number of hydrogen-bond donors (Lipinski definition) is 1. The average Bonchev–Trinajstić information content (AvgIpc) is 2.48. The summed E-state index contributed by atoms with van der Waals surface area (Å²) in [7, 11) is 0. The second kappa shape index (κ2) is 5.17. The van der Waals surface area contributed by atoms with Crippen LogP contribution in [-0.4, -0.2) is 6.04 Å². The number of hydrogen-bond acceptors (Lipinski definition) is 2. The number of nitrogens with zero attached hydrogens (tertiary/aromatic N) is 1. The summed E-state index contributed by atoms with van der Waals surface area (Å²) in [6.07, 6.45) is 1.17. The molecule has 1 aliphatic rings. The number of benzene rings is 2. The first-order chi connectivity index (χ1) is 10.1. The Labute approximate surface area is 122 Å². The topological polar surface area (TPSA) is 35.8 Å². The number of anilines is 1. The van der Waals surface area contributed by atoms with Crippen molar-refractivity contribution >= 4 is 5.69 Å². The van der Waals surface area contributed by atoms with Crippen LogP contribution in [0.2, 0.25) is 0 Å². The largest absolute Gasteiger partial charge is 0.380 e. The maximum Gasteiger partial charge on any atom is 0.181 e. The summed E-state index contributed by atoms with van der Waals surface area (Å²) < 4.78 is 26.8. The van der Waals surface area contributed by atoms with E-state index in [0.717, 1.165) is 11.6 Å². The Morgan fingerprint density at radius 2 is 1.76 bits per heavy atom. The standard InChI is InChI=1S/C17H14F2N2/c18-14-7-4-8-15(16(14)19)21-13-9-17(10-13,11-20)12-5-2-1-3-6-12/h1-8,13,21H,9-10H2. The molecule has 2 aromatic rings. The summed E-state index contributed by atoms with van der Waals surface area (Å²) in [6.45, 7) is 0. The van der Waals surface area contributed by atoms with Gasteiger partial charge in [0.1, 0.15) is 0 Å². The highest BCUT2D eigenvalue weighted by atomic mass is 19.2. The molecule has 2 aromatic carbocycles. The molecule has 0 atom stereocenters. The second-order valence-corrected chi connectivity index (χ2v) is 5.41. The molecule has 0 spiro atoms. The van der Waals surface area contributed by atoms with Crippen molar-refractivity contribution in [2.75, 3.05) is 5.32 Å². The van der Waals surface area contributed by atoms with Crippen molar-refractivity contribution in [1.82, 2.24) is 0 Å². The number of rotatable bonds is 3. The van der Waals surface area contributed by atoms with Crippen LogP contribution in [0.25, 0.3) is 0 Å². The van der Waals surface area contributed by atoms with Crippen molar-refractivity contribution in [3.63, 3.8) is 0 Å². The van der Waals surface area contributed by atoms with Crippen molar-refractivity contribution in [3.8, 4) is 6.07 Å². The molecular weight excluding hydrogens is 270 g/mol. The minimum Gasteiger partial charge on any atom is -0.380 e. The smallest absolute Gasteiger partial charge is 0.181 e. The van der Waals surface area contributed by atoms with Gasteiger partial charge in [-0.3, -0.25) is 0 Å². The predicted octanol–water partition coefficient (Wildman–Crippen LogP) is 4.00. The molecule has 0 amide bonds. The lowest BCUT2D eigenvalue weighted by molar-refractivity contribution is 0.288. The molecule has 1 saturated carbocycles. The summed E-state index contributed by atoms with van der Waals surface area (Å²) in [5.41, 5.74) is 0.604. The fourth-order valence-electron chi connectivity index (χ4n) is 2.87. The maximum absolute atomic E-state index is 13.6. The van der Waals surface area contributed by atoms with Crippen LogP contribution < -0.4 is 5.32 Å². The summed E-state index contributed by atoms with van der Waals surface area (Å²) >= 11 is 0. The molecule has 1 fully saturated rings. The van der Waals surface area contributed by atoms with Crippen molar-refractivity contribution in [2.45, 2.75) is 24.3 Å². The van der Waals surface area contributed by atoms with Gasteiger partial charge in [0.2, 0.25) is 0 Å². The van der Waals surface area contributed by atoms with Crippen LogP contribution in [0.15, 0.2) is 48.5 Å². The Kier molecular flexibility index (Phi) is 3.34. The van der Waals surface area contributed by atoms with Crippen molar-refractivity contribution in [2.24, 2.45) is 0 Å². The lowest BCUT2D eigenvalue weighted by Gasteiger charge is -2.43. The molecule has 0 heterocycles. The molecule has 0 saturated heterocycles. The lowest BCUT2D eigenvalue weighted by Crippen LogP contribution is -2.47. The quantitative estimate of drug-likeness (QED) is 0.924. The molecule has 1 N–H and O–H groups in total. The van der Waals surface area contributed by atoms with Gasteiger partial charge in [0.05, 0.1) is 17.2 Å². The second-order valence-electron chi connectivity index (χ2n) is 5.41. The van der Waals surface area contributed by atoms with Crippen molar-refractivity contribution in [3.05, 3.63) is 65.7 Å². The zero-order valence-electron chi connectivity index (χ0n) is 11.3. The molecular formula is C17H14F2N2. The van der Waals surface area contributed by atoms with Crippen LogP contribution in [0.3, 0.4) is 0 Å². The van der Waals surface area contributed by atoms with Gasteiger partial charge in [-0.25, -0.2) is 8.78 Å². The zero-order valence-corrected chi connectivity index (χ0v) is 11.3. The van der Waals surface area contributed by atoms with Gasteiger partial charge in [-0.05, 0) is 30.5 Å². The SMILES string of the molecule is N#CC1(c2ccccc2)CC(Nc2cccc(F)c2F)C1. The van der Waals surface area contributed by atoms with Gasteiger partial charge in [-0.1, -0.05) is 36.4 Å². The van der Waals surface area contributed by atoms with Gasteiger partial charge in [-0.15, -0.1) is 0 Å². The van der Waals surface area contributed by atoms with Gasteiger partial charge in [-0.2, -0.15) is 5.26 Å². The number of nitriles is 1. The van der Waals surface area contributed by atoms with E-state index in [1.165, 1.54) is 12.1 Å². The van der Waals surface area contributed by atoms with E-state index in [9.17, 15) is 14.0 Å². The first kappa shape index (κ1) is 13.6. The van der Waals surface area contributed by atoms with Crippen LogP contribution in [0, 0.1) is 23.0 Å². The van der Waals surface area contributed by atoms with E-state index in [4.69, 9.17) is 0 Å². The van der Waals surface area contributed by atoms with Crippen LogP contribution in [0.1, 0.15) is 18.4 Å². The Hall–Kier alpha value is -2.41. The lowest BCUT2D eigenvalue weighted by atomic mass is 9.62. The molecule has 0 aromatic heterocycles. The van der Waals surface area contributed by atoms with E-state index in [-0.39, 0.29) is 11.7 Å². The Balaban J connectivity index is 1.73. The Morgan fingerprint density at radius 3 is 2.43 bits per heavy atom. The van der Waals surface area contributed by atoms with E-state index in [0.29, 0.717) is 12.8 Å². The highest BCUT2D eigenvalue weighted by Crippen LogP contribution is 2.44. The van der Waals surface area contributed by atoms with Crippen LogP contribution in [-0.2, 0) is 5.41 Å². The van der Waals surface area contributed by atoms with Crippen LogP contribution in [0.5, 0.6) is 0 Å². The highest BCUT2D eigenvalue weighted by Gasteiger charge is 2.46. The molecule has 21 heavy (non-hydrogen) atoms. The number of halogens is 2. The molecule has 3 rings (SSSR count). The van der Waals surface area contributed by atoms with E-state index in [1.54, 1.807) is 0 Å². The third-order valence-electron chi connectivity index (χ3n) is 4.04. The zero-order chi connectivity index (χ0) is 14.9. The summed E-state index contributed by atoms with van der Waals surface area (Å²) in [5.74, 6) is -1.74. The fourth-order valence-corrected chi connectivity index (χ4v) is 2.87. The van der Waals surface area contributed by atoms with Crippen molar-refractivity contribution in [1.29, 1.82) is 5.26 Å².